The summed E-state index contributed by atoms with van der Waals surface area (Å²) in [5, 5.41) is 0.401. The third-order valence-electron chi connectivity index (χ3n) is 3.12. The van der Waals surface area contributed by atoms with Crippen LogP contribution < -0.4 is 0 Å². The molecule has 0 fully saturated rings. The zero-order chi connectivity index (χ0) is 15.4. The van der Waals surface area contributed by atoms with Gasteiger partial charge in [-0.15, -0.1) is 11.8 Å². The van der Waals surface area contributed by atoms with E-state index in [1.54, 1.807) is 37.4 Å². The van der Waals surface area contributed by atoms with Gasteiger partial charge >= 0.3 is 0 Å². The molecular formula is C16H15ClFNOS. The summed E-state index contributed by atoms with van der Waals surface area (Å²) in [6, 6.07) is 11.7. The van der Waals surface area contributed by atoms with E-state index in [0.717, 1.165) is 4.90 Å². The van der Waals surface area contributed by atoms with Crippen molar-refractivity contribution >= 4 is 29.3 Å². The van der Waals surface area contributed by atoms with Crippen molar-refractivity contribution in [1.82, 2.24) is 4.90 Å². The summed E-state index contributed by atoms with van der Waals surface area (Å²) in [5.41, 5.74) is 0.910. The fourth-order valence-corrected chi connectivity index (χ4v) is 2.59. The molecule has 2 aromatic rings. The van der Waals surface area contributed by atoms with E-state index in [2.05, 4.69) is 0 Å². The van der Waals surface area contributed by atoms with Crippen molar-refractivity contribution in [3.05, 3.63) is 64.4 Å². The molecule has 0 bridgehead atoms. The SMILES string of the molecule is CSc1ccc(Cl)c(C(=O)N(C)Cc2ccccc2F)c1. The highest BCUT2D eigenvalue weighted by molar-refractivity contribution is 7.98. The van der Waals surface area contributed by atoms with Crippen LogP contribution in [0.2, 0.25) is 5.02 Å². The Morgan fingerprint density at radius 2 is 2.00 bits per heavy atom. The first-order valence-corrected chi connectivity index (χ1v) is 7.95. The van der Waals surface area contributed by atoms with Crippen molar-refractivity contribution in [3.8, 4) is 0 Å². The second-order valence-electron chi connectivity index (χ2n) is 4.60. The lowest BCUT2D eigenvalue weighted by Gasteiger charge is -2.18. The number of amides is 1. The Balaban J connectivity index is 2.22. The molecule has 2 nitrogen and oxygen atoms in total. The molecular weight excluding hydrogens is 309 g/mol. The number of carbonyl (C=O) groups excluding carboxylic acids is 1. The van der Waals surface area contributed by atoms with Crippen LogP contribution >= 0.6 is 23.4 Å². The van der Waals surface area contributed by atoms with Gasteiger partial charge < -0.3 is 4.90 Å². The van der Waals surface area contributed by atoms with E-state index in [9.17, 15) is 9.18 Å². The first-order valence-electron chi connectivity index (χ1n) is 6.35. The largest absolute Gasteiger partial charge is 0.337 e. The molecule has 110 valence electrons. The van der Waals surface area contributed by atoms with Crippen molar-refractivity contribution in [2.24, 2.45) is 0 Å². The molecule has 21 heavy (non-hydrogen) atoms. The number of carbonyl (C=O) groups is 1. The zero-order valence-corrected chi connectivity index (χ0v) is 13.3. The van der Waals surface area contributed by atoms with E-state index in [0.29, 0.717) is 16.1 Å². The molecule has 0 atom stereocenters. The number of hydrogen-bond donors (Lipinski definition) is 0. The maximum Gasteiger partial charge on any atom is 0.255 e. The summed E-state index contributed by atoms with van der Waals surface area (Å²) in [5.74, 6) is -0.541. The maximum absolute atomic E-state index is 13.6. The molecule has 0 aliphatic heterocycles. The van der Waals surface area contributed by atoms with Crippen molar-refractivity contribution in [2.45, 2.75) is 11.4 Å². The lowest BCUT2D eigenvalue weighted by atomic mass is 10.1. The summed E-state index contributed by atoms with van der Waals surface area (Å²) in [6.45, 7) is 0.200. The molecule has 0 aromatic heterocycles. The van der Waals surface area contributed by atoms with Gasteiger partial charge in [-0.3, -0.25) is 4.79 Å². The minimum atomic E-state index is -0.318. The zero-order valence-electron chi connectivity index (χ0n) is 11.8. The smallest absolute Gasteiger partial charge is 0.255 e. The van der Waals surface area contributed by atoms with Gasteiger partial charge in [0.2, 0.25) is 0 Å². The molecule has 0 saturated heterocycles. The molecule has 0 heterocycles. The normalized spacial score (nSPS) is 10.5. The van der Waals surface area contributed by atoms with Crippen LogP contribution in [0.1, 0.15) is 15.9 Å². The number of thioether (sulfide) groups is 1. The van der Waals surface area contributed by atoms with E-state index in [1.807, 2.05) is 12.3 Å². The highest BCUT2D eigenvalue weighted by atomic mass is 35.5. The third-order valence-corrected chi connectivity index (χ3v) is 4.17. The molecule has 2 rings (SSSR count). The van der Waals surface area contributed by atoms with E-state index < -0.39 is 0 Å². The Morgan fingerprint density at radius 3 is 2.67 bits per heavy atom. The molecule has 1 amide bonds. The Kier molecular flexibility index (Phi) is 5.26. The van der Waals surface area contributed by atoms with Crippen LogP contribution in [-0.2, 0) is 6.54 Å². The fourth-order valence-electron chi connectivity index (χ4n) is 1.95. The van der Waals surface area contributed by atoms with Crippen LogP contribution in [0.5, 0.6) is 0 Å². The number of rotatable bonds is 4. The van der Waals surface area contributed by atoms with Crippen molar-refractivity contribution in [2.75, 3.05) is 13.3 Å². The molecule has 0 unspecified atom stereocenters. The van der Waals surface area contributed by atoms with Gasteiger partial charge in [0.1, 0.15) is 5.82 Å². The first kappa shape index (κ1) is 15.9. The van der Waals surface area contributed by atoms with Crippen LogP contribution in [0.25, 0.3) is 0 Å². The quantitative estimate of drug-likeness (QED) is 0.774. The highest BCUT2D eigenvalue weighted by Gasteiger charge is 2.17. The van der Waals surface area contributed by atoms with Crippen LogP contribution in [0.4, 0.5) is 4.39 Å². The summed E-state index contributed by atoms with van der Waals surface area (Å²) >= 11 is 7.63. The summed E-state index contributed by atoms with van der Waals surface area (Å²) in [4.78, 5) is 14.9. The standard InChI is InChI=1S/C16H15ClFNOS/c1-19(10-11-5-3-4-6-15(11)18)16(20)13-9-12(21-2)7-8-14(13)17/h3-9H,10H2,1-2H3. The average molecular weight is 324 g/mol. The summed E-state index contributed by atoms with van der Waals surface area (Å²) in [6.07, 6.45) is 1.93. The minimum Gasteiger partial charge on any atom is -0.337 e. The van der Waals surface area contributed by atoms with Crippen LogP contribution in [0.3, 0.4) is 0 Å². The number of halogens is 2. The number of benzene rings is 2. The van der Waals surface area contributed by atoms with E-state index in [1.165, 1.54) is 22.7 Å². The van der Waals surface area contributed by atoms with E-state index >= 15 is 0 Å². The van der Waals surface area contributed by atoms with Gasteiger partial charge in [0, 0.05) is 24.1 Å². The molecule has 0 saturated carbocycles. The molecule has 0 N–H and O–H groups in total. The lowest BCUT2D eigenvalue weighted by Crippen LogP contribution is -2.27. The molecule has 0 aliphatic rings. The average Bonchev–Trinajstić information content (AvgIpc) is 2.49. The number of nitrogens with zero attached hydrogens (tertiary/aromatic N) is 1. The fraction of sp³-hybridized carbons (Fsp3) is 0.188. The van der Waals surface area contributed by atoms with Gasteiger partial charge in [-0.2, -0.15) is 0 Å². The van der Waals surface area contributed by atoms with E-state index in [-0.39, 0.29) is 18.3 Å². The highest BCUT2D eigenvalue weighted by Crippen LogP contribution is 2.24. The maximum atomic E-state index is 13.6. The van der Waals surface area contributed by atoms with Gasteiger partial charge in [-0.1, -0.05) is 29.8 Å². The Morgan fingerprint density at radius 1 is 1.29 bits per heavy atom. The number of hydrogen-bond acceptors (Lipinski definition) is 2. The Labute approximate surface area is 132 Å². The van der Waals surface area contributed by atoms with Crippen LogP contribution in [0, 0.1) is 5.82 Å². The van der Waals surface area contributed by atoms with Crippen molar-refractivity contribution in [3.63, 3.8) is 0 Å². The van der Waals surface area contributed by atoms with Crippen LogP contribution in [-0.4, -0.2) is 24.1 Å². The van der Waals surface area contributed by atoms with Crippen molar-refractivity contribution in [1.29, 1.82) is 0 Å². The van der Waals surface area contributed by atoms with Gasteiger partial charge in [0.25, 0.3) is 5.91 Å². The van der Waals surface area contributed by atoms with Gasteiger partial charge in [-0.05, 0) is 30.5 Å². The monoisotopic (exact) mass is 323 g/mol. The summed E-state index contributed by atoms with van der Waals surface area (Å²) < 4.78 is 13.6. The predicted molar refractivity (Wildman–Crippen MR) is 85.4 cm³/mol. The van der Waals surface area contributed by atoms with Gasteiger partial charge in [0.15, 0.2) is 0 Å². The molecule has 0 aliphatic carbocycles. The topological polar surface area (TPSA) is 20.3 Å². The molecule has 2 aromatic carbocycles. The Hall–Kier alpha value is -1.52. The van der Waals surface area contributed by atoms with Gasteiger partial charge in [0.05, 0.1) is 10.6 Å². The van der Waals surface area contributed by atoms with Crippen LogP contribution in [0.15, 0.2) is 47.4 Å². The first-order chi connectivity index (χ1) is 10.0. The second kappa shape index (κ2) is 6.96. The Bertz CT molecular complexity index is 662. The minimum absolute atomic E-state index is 0.200. The van der Waals surface area contributed by atoms with Gasteiger partial charge in [-0.25, -0.2) is 4.39 Å². The summed E-state index contributed by atoms with van der Waals surface area (Å²) in [7, 11) is 1.64. The second-order valence-corrected chi connectivity index (χ2v) is 5.89. The van der Waals surface area contributed by atoms with E-state index in [4.69, 9.17) is 11.6 Å². The lowest BCUT2D eigenvalue weighted by molar-refractivity contribution is 0.0784. The molecule has 0 spiro atoms. The van der Waals surface area contributed by atoms with Crippen molar-refractivity contribution < 1.29 is 9.18 Å². The molecule has 0 radical (unpaired) electrons. The third kappa shape index (κ3) is 3.77. The molecule has 5 heteroatoms. The predicted octanol–water partition coefficient (Wildman–Crippen LogP) is 4.47.